The van der Waals surface area contributed by atoms with Gasteiger partial charge in [0.2, 0.25) is 0 Å². The molecule has 37 heavy (non-hydrogen) atoms. The predicted molar refractivity (Wildman–Crippen MR) is 145 cm³/mol. The Hall–Kier alpha value is -2.20. The maximum absolute atomic E-state index is 10.4. The third-order valence-corrected chi connectivity index (χ3v) is 6.56. The van der Waals surface area contributed by atoms with Crippen LogP contribution < -0.4 is 9.80 Å². The van der Waals surface area contributed by atoms with Gasteiger partial charge >= 0.3 is 0 Å². The van der Waals surface area contributed by atoms with E-state index >= 15 is 0 Å². The summed E-state index contributed by atoms with van der Waals surface area (Å²) in [7, 11) is 0. The van der Waals surface area contributed by atoms with E-state index in [1.54, 1.807) is 0 Å². The van der Waals surface area contributed by atoms with Crippen molar-refractivity contribution in [3.8, 4) is 0 Å². The molecule has 2 N–H and O–H groups in total. The SMILES string of the molecule is CCOCC(O)CN(CC1CO1)c1ccc(Cc2ccc(N(CC(O)COCC)CC3CO3)cc2)cc1. The van der Waals surface area contributed by atoms with Gasteiger partial charge < -0.3 is 39.0 Å². The van der Waals surface area contributed by atoms with Crippen LogP contribution in [0.15, 0.2) is 48.5 Å². The molecular formula is C29H42N2O6. The van der Waals surface area contributed by atoms with Gasteiger partial charge in [0.1, 0.15) is 0 Å². The van der Waals surface area contributed by atoms with E-state index in [1.165, 1.54) is 11.1 Å². The van der Waals surface area contributed by atoms with Gasteiger partial charge in [-0.25, -0.2) is 0 Å². The minimum Gasteiger partial charge on any atom is -0.389 e. The van der Waals surface area contributed by atoms with Crippen LogP contribution in [-0.4, -0.2) is 100 Å². The maximum atomic E-state index is 10.4. The zero-order valence-electron chi connectivity index (χ0n) is 22.1. The van der Waals surface area contributed by atoms with Gasteiger partial charge in [-0.15, -0.1) is 0 Å². The van der Waals surface area contributed by atoms with Crippen LogP contribution in [-0.2, 0) is 25.4 Å². The van der Waals surface area contributed by atoms with Gasteiger partial charge in [0.05, 0.1) is 50.8 Å². The molecule has 2 saturated heterocycles. The molecule has 8 nitrogen and oxygen atoms in total. The van der Waals surface area contributed by atoms with Crippen LogP contribution in [0.2, 0.25) is 0 Å². The molecule has 2 aliphatic rings. The van der Waals surface area contributed by atoms with Crippen LogP contribution in [0.25, 0.3) is 0 Å². The molecule has 4 unspecified atom stereocenters. The summed E-state index contributed by atoms with van der Waals surface area (Å²) in [5, 5.41) is 20.7. The van der Waals surface area contributed by atoms with Crippen LogP contribution >= 0.6 is 0 Å². The Morgan fingerprint density at radius 1 is 0.730 bits per heavy atom. The van der Waals surface area contributed by atoms with Gasteiger partial charge in [-0.3, -0.25) is 0 Å². The fraction of sp³-hybridized carbons (Fsp3) is 0.586. The van der Waals surface area contributed by atoms with Crippen molar-refractivity contribution in [2.24, 2.45) is 0 Å². The molecule has 2 fully saturated rings. The number of hydrogen-bond acceptors (Lipinski definition) is 8. The molecular weight excluding hydrogens is 472 g/mol. The normalized spacial score (nSPS) is 19.9. The summed E-state index contributed by atoms with van der Waals surface area (Å²) in [6, 6.07) is 17.1. The van der Waals surface area contributed by atoms with Crippen LogP contribution in [0.1, 0.15) is 25.0 Å². The van der Waals surface area contributed by atoms with Crippen LogP contribution in [0.3, 0.4) is 0 Å². The van der Waals surface area contributed by atoms with Crippen molar-refractivity contribution in [1.29, 1.82) is 0 Å². The van der Waals surface area contributed by atoms with E-state index in [-0.39, 0.29) is 12.2 Å². The van der Waals surface area contributed by atoms with Crippen LogP contribution in [0.4, 0.5) is 11.4 Å². The van der Waals surface area contributed by atoms with Crippen molar-refractivity contribution in [2.45, 2.75) is 44.7 Å². The summed E-state index contributed by atoms with van der Waals surface area (Å²) in [5.74, 6) is 0. The van der Waals surface area contributed by atoms with Crippen molar-refractivity contribution in [3.63, 3.8) is 0 Å². The fourth-order valence-corrected chi connectivity index (χ4v) is 4.42. The first-order chi connectivity index (χ1) is 18.0. The Labute approximate surface area is 220 Å². The molecule has 0 amide bonds. The van der Waals surface area contributed by atoms with Gasteiger partial charge in [0.25, 0.3) is 0 Å². The maximum Gasteiger partial charge on any atom is 0.0984 e. The third kappa shape index (κ3) is 9.56. The average molecular weight is 515 g/mol. The first-order valence-electron chi connectivity index (χ1n) is 13.5. The fourth-order valence-electron chi connectivity index (χ4n) is 4.42. The van der Waals surface area contributed by atoms with Gasteiger partial charge in [-0.2, -0.15) is 0 Å². The number of hydrogen-bond donors (Lipinski definition) is 2. The largest absolute Gasteiger partial charge is 0.389 e. The lowest BCUT2D eigenvalue weighted by Gasteiger charge is -2.27. The number of rotatable bonds is 18. The monoisotopic (exact) mass is 514 g/mol. The lowest BCUT2D eigenvalue weighted by atomic mass is 10.0. The van der Waals surface area contributed by atoms with Gasteiger partial charge in [0, 0.05) is 50.8 Å². The highest BCUT2D eigenvalue weighted by atomic mass is 16.6. The van der Waals surface area contributed by atoms with E-state index in [0.29, 0.717) is 39.5 Å². The third-order valence-electron chi connectivity index (χ3n) is 6.56. The summed E-state index contributed by atoms with van der Waals surface area (Å²) in [6.07, 6.45) is 0.233. The topological polar surface area (TPSA) is 90.5 Å². The predicted octanol–water partition coefficient (Wildman–Crippen LogP) is 2.48. The highest BCUT2D eigenvalue weighted by Gasteiger charge is 2.28. The summed E-state index contributed by atoms with van der Waals surface area (Å²) in [4.78, 5) is 4.36. The molecule has 0 spiro atoms. The number of anilines is 2. The second-order valence-electron chi connectivity index (χ2n) is 9.86. The summed E-state index contributed by atoms with van der Waals surface area (Å²) >= 11 is 0. The van der Waals surface area contributed by atoms with E-state index in [9.17, 15) is 10.2 Å². The lowest BCUT2D eigenvalue weighted by molar-refractivity contribution is 0.0462. The molecule has 2 heterocycles. The first-order valence-corrected chi connectivity index (χ1v) is 13.5. The number of epoxide rings is 2. The highest BCUT2D eigenvalue weighted by molar-refractivity contribution is 5.51. The van der Waals surface area contributed by atoms with E-state index in [4.69, 9.17) is 18.9 Å². The Morgan fingerprint density at radius 3 is 1.43 bits per heavy atom. The zero-order valence-corrected chi connectivity index (χ0v) is 22.1. The molecule has 0 aliphatic carbocycles. The molecule has 2 aliphatic heterocycles. The van der Waals surface area contributed by atoms with Gasteiger partial charge in [0.15, 0.2) is 0 Å². The van der Waals surface area contributed by atoms with E-state index < -0.39 is 12.2 Å². The average Bonchev–Trinajstić information content (AvgIpc) is 3.84. The molecule has 2 aromatic carbocycles. The Balaban J connectivity index is 1.35. The quantitative estimate of drug-likeness (QED) is 0.293. The van der Waals surface area contributed by atoms with Crippen molar-refractivity contribution in [1.82, 2.24) is 0 Å². The second kappa shape index (κ2) is 14.1. The Morgan fingerprint density at radius 2 is 1.11 bits per heavy atom. The van der Waals surface area contributed by atoms with Gasteiger partial charge in [-0.05, 0) is 55.7 Å². The Kier molecular flexibility index (Phi) is 10.6. The van der Waals surface area contributed by atoms with Crippen molar-refractivity contribution in [3.05, 3.63) is 59.7 Å². The molecule has 2 aromatic rings. The molecule has 204 valence electrons. The molecule has 0 saturated carbocycles. The molecule has 0 radical (unpaired) electrons. The van der Waals surface area contributed by atoms with E-state index in [2.05, 4.69) is 58.3 Å². The molecule has 8 heteroatoms. The number of aliphatic hydroxyl groups excluding tert-OH is 2. The number of aliphatic hydroxyl groups is 2. The molecule has 4 atom stereocenters. The number of nitrogens with zero attached hydrogens (tertiary/aromatic N) is 2. The summed E-state index contributed by atoms with van der Waals surface area (Å²) in [5.41, 5.74) is 4.61. The minimum atomic E-state index is -0.539. The van der Waals surface area contributed by atoms with E-state index in [0.717, 1.165) is 44.1 Å². The highest BCUT2D eigenvalue weighted by Crippen LogP contribution is 2.23. The molecule has 0 aromatic heterocycles. The summed E-state index contributed by atoms with van der Waals surface area (Å²) in [6.45, 7) is 9.87. The van der Waals surface area contributed by atoms with Gasteiger partial charge in [-0.1, -0.05) is 24.3 Å². The zero-order chi connectivity index (χ0) is 26.0. The minimum absolute atomic E-state index is 0.240. The Bertz CT molecular complexity index is 841. The van der Waals surface area contributed by atoms with Crippen LogP contribution in [0.5, 0.6) is 0 Å². The van der Waals surface area contributed by atoms with Crippen molar-refractivity contribution in [2.75, 3.05) is 75.6 Å². The molecule has 4 rings (SSSR count). The lowest BCUT2D eigenvalue weighted by Crippen LogP contribution is -2.37. The standard InChI is InChI=1S/C29H42N2O6/c1-3-34-18-26(32)14-30(16-28-20-36-28)24-9-5-22(6-10-24)13-23-7-11-25(12-8-23)31(17-29-21-37-29)15-27(33)19-35-4-2/h5-12,26-29,32-33H,3-4,13-21H2,1-2H3. The van der Waals surface area contributed by atoms with Crippen molar-refractivity contribution < 1.29 is 29.2 Å². The van der Waals surface area contributed by atoms with Crippen LogP contribution in [0, 0.1) is 0 Å². The smallest absolute Gasteiger partial charge is 0.0984 e. The van der Waals surface area contributed by atoms with Crippen molar-refractivity contribution >= 4 is 11.4 Å². The number of benzene rings is 2. The summed E-state index contributed by atoms with van der Waals surface area (Å²) < 4.78 is 21.6. The molecule has 0 bridgehead atoms. The second-order valence-corrected chi connectivity index (χ2v) is 9.86. The number of ether oxygens (including phenoxy) is 4. The van der Waals surface area contributed by atoms with E-state index in [1.807, 2.05) is 13.8 Å². The first kappa shape index (κ1) is 27.8.